The number of rotatable bonds is 9. The van der Waals surface area contributed by atoms with Gasteiger partial charge < -0.3 is 15.3 Å². The van der Waals surface area contributed by atoms with Gasteiger partial charge in [-0.25, -0.2) is 0 Å². The van der Waals surface area contributed by atoms with Gasteiger partial charge in [0.15, 0.2) is 0 Å². The van der Waals surface area contributed by atoms with Crippen LogP contribution in [0, 0.1) is 0 Å². The minimum absolute atomic E-state index is 0.345. The molecule has 0 aliphatic heterocycles. The number of unbranched alkanes of at least 4 members (excludes halogenated alkanes) is 2. The molecule has 108 valence electrons. The number of hydrogen-bond acceptors (Lipinski definition) is 3. The van der Waals surface area contributed by atoms with Gasteiger partial charge >= 0.3 is 0 Å². The van der Waals surface area contributed by atoms with Crippen molar-refractivity contribution in [2.75, 3.05) is 26.7 Å². The lowest BCUT2D eigenvalue weighted by molar-refractivity contribution is 0.170. The molecule has 1 aliphatic carbocycles. The van der Waals surface area contributed by atoms with Gasteiger partial charge in [-0.15, -0.1) is 0 Å². The Bertz CT molecular complexity index is 191. The molecule has 0 amide bonds. The van der Waals surface area contributed by atoms with E-state index in [0.717, 1.165) is 24.9 Å². The van der Waals surface area contributed by atoms with E-state index in [1.54, 1.807) is 0 Å². The molecular weight excluding hydrogens is 224 g/mol. The van der Waals surface area contributed by atoms with Crippen molar-refractivity contribution in [3.8, 4) is 0 Å². The molecule has 0 atom stereocenters. The fraction of sp³-hybridized carbons (Fsp3) is 1.00. The highest BCUT2D eigenvalue weighted by molar-refractivity contribution is 4.81. The molecule has 18 heavy (non-hydrogen) atoms. The second kappa shape index (κ2) is 9.76. The minimum atomic E-state index is 0.345. The third-order valence-corrected chi connectivity index (χ3v) is 4.17. The first kappa shape index (κ1) is 15.9. The van der Waals surface area contributed by atoms with Crippen LogP contribution < -0.4 is 5.32 Å². The highest BCUT2D eigenvalue weighted by Crippen LogP contribution is 2.22. The van der Waals surface area contributed by atoms with E-state index in [1.807, 2.05) is 0 Å². The molecule has 0 spiro atoms. The summed E-state index contributed by atoms with van der Waals surface area (Å²) in [6.45, 7) is 4.95. The smallest absolute Gasteiger partial charge is 0.0431 e. The van der Waals surface area contributed by atoms with Crippen LogP contribution in [0.2, 0.25) is 0 Å². The number of aliphatic hydroxyl groups is 1. The first-order valence-electron chi connectivity index (χ1n) is 7.82. The van der Waals surface area contributed by atoms with E-state index in [9.17, 15) is 0 Å². The normalized spacial score (nSPS) is 24.7. The molecule has 0 unspecified atom stereocenters. The minimum Gasteiger partial charge on any atom is -0.396 e. The third kappa shape index (κ3) is 6.17. The molecule has 2 N–H and O–H groups in total. The van der Waals surface area contributed by atoms with Crippen LogP contribution in [0.5, 0.6) is 0 Å². The van der Waals surface area contributed by atoms with Crippen molar-refractivity contribution >= 4 is 0 Å². The quantitative estimate of drug-likeness (QED) is 0.622. The van der Waals surface area contributed by atoms with Gasteiger partial charge in [0.05, 0.1) is 0 Å². The summed E-state index contributed by atoms with van der Waals surface area (Å²) < 4.78 is 0. The average Bonchev–Trinajstić information content (AvgIpc) is 2.41. The van der Waals surface area contributed by atoms with Crippen LogP contribution in [0.15, 0.2) is 0 Å². The molecule has 0 saturated heterocycles. The fourth-order valence-electron chi connectivity index (χ4n) is 2.90. The first-order valence-corrected chi connectivity index (χ1v) is 7.82. The van der Waals surface area contributed by atoms with Crippen LogP contribution in [-0.4, -0.2) is 48.8 Å². The van der Waals surface area contributed by atoms with Gasteiger partial charge in [0.25, 0.3) is 0 Å². The third-order valence-electron chi connectivity index (χ3n) is 4.17. The zero-order valence-corrected chi connectivity index (χ0v) is 12.3. The molecule has 0 aromatic heterocycles. The van der Waals surface area contributed by atoms with Gasteiger partial charge in [-0.2, -0.15) is 0 Å². The summed E-state index contributed by atoms with van der Waals surface area (Å²) in [4.78, 5) is 2.54. The summed E-state index contributed by atoms with van der Waals surface area (Å²) in [5.41, 5.74) is 0. The van der Waals surface area contributed by atoms with Gasteiger partial charge in [-0.1, -0.05) is 6.92 Å². The van der Waals surface area contributed by atoms with Crippen LogP contribution in [0.4, 0.5) is 0 Å². The standard InChI is InChI=1S/C15H32N2O/c1-3-11-16-14-7-9-15(10-8-14)17(2)12-5-4-6-13-18/h14-16,18H,3-13H2,1-2H3. The van der Waals surface area contributed by atoms with E-state index < -0.39 is 0 Å². The lowest BCUT2D eigenvalue weighted by atomic mass is 9.90. The topological polar surface area (TPSA) is 35.5 Å². The number of aliphatic hydroxyl groups excluding tert-OH is 1. The SMILES string of the molecule is CCCNC1CCC(N(C)CCCCCO)CC1. The second-order valence-electron chi connectivity index (χ2n) is 5.72. The largest absolute Gasteiger partial charge is 0.396 e. The van der Waals surface area contributed by atoms with Crippen LogP contribution >= 0.6 is 0 Å². The molecule has 1 aliphatic rings. The van der Waals surface area contributed by atoms with Crippen molar-refractivity contribution in [1.82, 2.24) is 10.2 Å². The summed E-state index contributed by atoms with van der Waals surface area (Å²) in [6, 6.07) is 1.56. The maximum Gasteiger partial charge on any atom is 0.0431 e. The molecule has 0 heterocycles. The Kier molecular flexibility index (Phi) is 8.64. The molecule has 0 aromatic carbocycles. The highest BCUT2D eigenvalue weighted by atomic mass is 16.2. The monoisotopic (exact) mass is 256 g/mol. The van der Waals surface area contributed by atoms with Gasteiger partial charge in [-0.05, 0) is 71.5 Å². The average molecular weight is 256 g/mol. The molecular formula is C15H32N2O. The van der Waals surface area contributed by atoms with Gasteiger partial charge in [0.2, 0.25) is 0 Å². The highest BCUT2D eigenvalue weighted by Gasteiger charge is 2.22. The predicted octanol–water partition coefficient (Wildman–Crippen LogP) is 2.39. The summed E-state index contributed by atoms with van der Waals surface area (Å²) in [5.74, 6) is 0. The van der Waals surface area contributed by atoms with E-state index in [1.165, 1.54) is 51.6 Å². The zero-order chi connectivity index (χ0) is 13.2. The van der Waals surface area contributed by atoms with Crippen LogP contribution in [0.1, 0.15) is 58.3 Å². The van der Waals surface area contributed by atoms with E-state index in [4.69, 9.17) is 5.11 Å². The lowest BCUT2D eigenvalue weighted by Crippen LogP contribution is -2.41. The summed E-state index contributed by atoms with van der Waals surface area (Å²) in [5, 5.41) is 12.4. The van der Waals surface area contributed by atoms with Crippen molar-refractivity contribution in [1.29, 1.82) is 0 Å². The Morgan fingerprint density at radius 3 is 2.44 bits per heavy atom. The van der Waals surface area contributed by atoms with Crippen molar-refractivity contribution < 1.29 is 5.11 Å². The van der Waals surface area contributed by atoms with E-state index in [-0.39, 0.29) is 0 Å². The summed E-state index contributed by atoms with van der Waals surface area (Å²) in [6.07, 6.45) is 9.96. The molecule has 1 fully saturated rings. The summed E-state index contributed by atoms with van der Waals surface area (Å²) >= 11 is 0. The van der Waals surface area contributed by atoms with Crippen LogP contribution in [0.25, 0.3) is 0 Å². The fourth-order valence-corrected chi connectivity index (χ4v) is 2.90. The Morgan fingerprint density at radius 1 is 1.11 bits per heavy atom. The molecule has 0 radical (unpaired) electrons. The van der Waals surface area contributed by atoms with E-state index in [2.05, 4.69) is 24.2 Å². The number of hydrogen-bond donors (Lipinski definition) is 2. The van der Waals surface area contributed by atoms with Crippen molar-refractivity contribution in [3.63, 3.8) is 0 Å². The number of nitrogens with one attached hydrogen (secondary N) is 1. The predicted molar refractivity (Wildman–Crippen MR) is 77.9 cm³/mol. The van der Waals surface area contributed by atoms with Gasteiger partial charge in [-0.3, -0.25) is 0 Å². The Labute approximate surface area is 113 Å². The second-order valence-corrected chi connectivity index (χ2v) is 5.72. The molecule has 0 bridgehead atoms. The van der Waals surface area contributed by atoms with Crippen molar-refractivity contribution in [2.24, 2.45) is 0 Å². The molecule has 3 nitrogen and oxygen atoms in total. The lowest BCUT2D eigenvalue weighted by Gasteiger charge is -2.35. The van der Waals surface area contributed by atoms with Crippen molar-refractivity contribution in [2.45, 2.75) is 70.4 Å². The van der Waals surface area contributed by atoms with E-state index >= 15 is 0 Å². The Morgan fingerprint density at radius 2 is 1.83 bits per heavy atom. The molecule has 0 aromatic rings. The maximum atomic E-state index is 8.76. The first-order chi connectivity index (χ1) is 8.77. The van der Waals surface area contributed by atoms with Crippen LogP contribution in [-0.2, 0) is 0 Å². The number of nitrogens with zero attached hydrogens (tertiary/aromatic N) is 1. The molecule has 1 rings (SSSR count). The Balaban J connectivity index is 2.09. The summed E-state index contributed by atoms with van der Waals surface area (Å²) in [7, 11) is 2.27. The zero-order valence-electron chi connectivity index (χ0n) is 12.3. The van der Waals surface area contributed by atoms with Gasteiger partial charge in [0.1, 0.15) is 0 Å². The van der Waals surface area contributed by atoms with Gasteiger partial charge in [0, 0.05) is 18.7 Å². The molecule has 1 saturated carbocycles. The Hall–Kier alpha value is -0.120. The molecule has 3 heteroatoms. The van der Waals surface area contributed by atoms with Crippen molar-refractivity contribution in [3.05, 3.63) is 0 Å². The van der Waals surface area contributed by atoms with Crippen LogP contribution in [0.3, 0.4) is 0 Å². The maximum absolute atomic E-state index is 8.76. The van der Waals surface area contributed by atoms with E-state index in [0.29, 0.717) is 6.61 Å².